The maximum Gasteiger partial charge on any atom is 0.252 e. The molecule has 2 rings (SSSR count). The summed E-state index contributed by atoms with van der Waals surface area (Å²) in [4.78, 5) is 24.8. The summed E-state index contributed by atoms with van der Waals surface area (Å²) in [5, 5.41) is 3.29. The Morgan fingerprint density at radius 1 is 1.29 bits per heavy atom. The summed E-state index contributed by atoms with van der Waals surface area (Å²) in [6.45, 7) is 2.63. The van der Waals surface area contributed by atoms with Crippen LogP contribution in [-0.4, -0.2) is 36.3 Å². The molecule has 0 unspecified atom stereocenters. The number of amides is 2. The molecule has 2 amide bonds. The number of hydrogen-bond donors (Lipinski definition) is 1. The molecule has 2 aliphatic rings. The molecule has 4 nitrogen and oxygen atoms in total. The first-order valence-electron chi connectivity index (χ1n) is 6.50. The van der Waals surface area contributed by atoms with Gasteiger partial charge in [-0.25, -0.2) is 0 Å². The number of rotatable bonds is 2. The van der Waals surface area contributed by atoms with Gasteiger partial charge in [-0.2, -0.15) is 0 Å². The number of nitrogens with zero attached hydrogens (tertiary/aromatic N) is 1. The van der Waals surface area contributed by atoms with Crippen molar-refractivity contribution in [3.05, 3.63) is 12.2 Å². The van der Waals surface area contributed by atoms with Crippen molar-refractivity contribution in [1.29, 1.82) is 0 Å². The SMILES string of the molecule is O=C(/C=C/C1CCNCC1)N1CCCCC1=O. The van der Waals surface area contributed by atoms with E-state index in [1.807, 2.05) is 6.08 Å². The summed E-state index contributed by atoms with van der Waals surface area (Å²) < 4.78 is 0. The Kier molecular flexibility index (Phi) is 4.31. The van der Waals surface area contributed by atoms with E-state index in [1.165, 1.54) is 4.90 Å². The van der Waals surface area contributed by atoms with E-state index in [-0.39, 0.29) is 11.8 Å². The lowest BCUT2D eigenvalue weighted by atomic mass is 9.97. The monoisotopic (exact) mass is 236 g/mol. The number of allylic oxidation sites excluding steroid dienone is 1. The van der Waals surface area contributed by atoms with E-state index < -0.39 is 0 Å². The van der Waals surface area contributed by atoms with Gasteiger partial charge in [-0.15, -0.1) is 0 Å². The average Bonchev–Trinajstić information content (AvgIpc) is 2.38. The number of likely N-dealkylation sites (tertiary alicyclic amines) is 1. The van der Waals surface area contributed by atoms with Crippen LogP contribution >= 0.6 is 0 Å². The standard InChI is InChI=1S/C13H20N2O2/c16-12-3-1-2-10-15(12)13(17)5-4-11-6-8-14-9-7-11/h4-5,11,14H,1-3,6-10H2/b5-4+. The zero-order chi connectivity index (χ0) is 12.1. The van der Waals surface area contributed by atoms with E-state index >= 15 is 0 Å². The summed E-state index contributed by atoms with van der Waals surface area (Å²) >= 11 is 0. The Bertz CT molecular complexity index is 319. The Labute approximate surface area is 102 Å². The van der Waals surface area contributed by atoms with Crippen molar-refractivity contribution in [3.8, 4) is 0 Å². The summed E-state index contributed by atoms with van der Waals surface area (Å²) in [5.41, 5.74) is 0. The molecule has 4 heteroatoms. The first-order chi connectivity index (χ1) is 8.27. The normalized spacial score (nSPS) is 23.3. The molecule has 0 aromatic carbocycles. The molecule has 2 fully saturated rings. The smallest absolute Gasteiger partial charge is 0.252 e. The summed E-state index contributed by atoms with van der Waals surface area (Å²) in [6, 6.07) is 0. The van der Waals surface area contributed by atoms with Crippen LogP contribution in [0.15, 0.2) is 12.2 Å². The fourth-order valence-electron chi connectivity index (χ4n) is 2.38. The zero-order valence-electron chi connectivity index (χ0n) is 10.2. The van der Waals surface area contributed by atoms with Crippen molar-refractivity contribution in [2.45, 2.75) is 32.1 Å². The van der Waals surface area contributed by atoms with Gasteiger partial charge < -0.3 is 5.32 Å². The fourth-order valence-corrected chi connectivity index (χ4v) is 2.38. The highest BCUT2D eigenvalue weighted by molar-refractivity contribution is 6.01. The highest BCUT2D eigenvalue weighted by Crippen LogP contribution is 2.14. The minimum absolute atomic E-state index is 0.0174. The molecule has 0 atom stereocenters. The van der Waals surface area contributed by atoms with E-state index in [2.05, 4.69) is 5.32 Å². The Morgan fingerprint density at radius 3 is 2.76 bits per heavy atom. The van der Waals surface area contributed by atoms with Crippen LogP contribution < -0.4 is 5.32 Å². The van der Waals surface area contributed by atoms with Crippen molar-refractivity contribution in [1.82, 2.24) is 10.2 Å². The molecule has 0 saturated carbocycles. The van der Waals surface area contributed by atoms with Crippen LogP contribution in [0, 0.1) is 5.92 Å². The first kappa shape index (κ1) is 12.3. The molecule has 0 aromatic rings. The van der Waals surface area contributed by atoms with Crippen LogP contribution in [-0.2, 0) is 9.59 Å². The summed E-state index contributed by atoms with van der Waals surface area (Å²) in [6.07, 6.45) is 8.12. The Morgan fingerprint density at radius 2 is 2.06 bits per heavy atom. The maximum atomic E-state index is 11.9. The number of nitrogens with one attached hydrogen (secondary N) is 1. The second-order valence-electron chi connectivity index (χ2n) is 4.79. The number of carbonyl (C=O) groups is 2. The van der Waals surface area contributed by atoms with Gasteiger partial charge in [-0.05, 0) is 50.8 Å². The van der Waals surface area contributed by atoms with Gasteiger partial charge >= 0.3 is 0 Å². The number of imide groups is 1. The molecule has 1 N–H and O–H groups in total. The van der Waals surface area contributed by atoms with Crippen LogP contribution in [0.3, 0.4) is 0 Å². The topological polar surface area (TPSA) is 49.4 Å². The molecule has 0 aromatic heterocycles. The van der Waals surface area contributed by atoms with Gasteiger partial charge in [0.25, 0.3) is 5.91 Å². The van der Waals surface area contributed by atoms with Crippen LogP contribution in [0.1, 0.15) is 32.1 Å². The maximum absolute atomic E-state index is 11.9. The highest BCUT2D eigenvalue weighted by Gasteiger charge is 2.22. The number of hydrogen-bond acceptors (Lipinski definition) is 3. The van der Waals surface area contributed by atoms with Gasteiger partial charge in [0.1, 0.15) is 0 Å². The Hall–Kier alpha value is -1.16. The van der Waals surface area contributed by atoms with E-state index in [9.17, 15) is 9.59 Å². The van der Waals surface area contributed by atoms with E-state index in [1.54, 1.807) is 6.08 Å². The predicted molar refractivity (Wildman–Crippen MR) is 65.3 cm³/mol. The minimum Gasteiger partial charge on any atom is -0.317 e. The largest absolute Gasteiger partial charge is 0.317 e. The third-order valence-electron chi connectivity index (χ3n) is 3.48. The van der Waals surface area contributed by atoms with Gasteiger partial charge in [-0.3, -0.25) is 14.5 Å². The van der Waals surface area contributed by atoms with Gasteiger partial charge in [0.05, 0.1) is 0 Å². The lowest BCUT2D eigenvalue weighted by Gasteiger charge is -2.24. The van der Waals surface area contributed by atoms with Crippen LogP contribution in [0.4, 0.5) is 0 Å². The van der Waals surface area contributed by atoms with Crippen molar-refractivity contribution in [2.24, 2.45) is 5.92 Å². The van der Waals surface area contributed by atoms with Crippen LogP contribution in [0.2, 0.25) is 0 Å². The highest BCUT2D eigenvalue weighted by atomic mass is 16.2. The third-order valence-corrected chi connectivity index (χ3v) is 3.48. The van der Waals surface area contributed by atoms with Crippen LogP contribution in [0.5, 0.6) is 0 Å². The average molecular weight is 236 g/mol. The zero-order valence-corrected chi connectivity index (χ0v) is 10.2. The van der Waals surface area contributed by atoms with Gasteiger partial charge in [0, 0.05) is 13.0 Å². The van der Waals surface area contributed by atoms with Crippen molar-refractivity contribution >= 4 is 11.8 Å². The molecule has 17 heavy (non-hydrogen) atoms. The molecule has 0 bridgehead atoms. The minimum atomic E-state index is -0.131. The molecule has 0 aliphatic carbocycles. The molecule has 94 valence electrons. The lowest BCUT2D eigenvalue weighted by Crippen LogP contribution is -2.39. The number of carbonyl (C=O) groups excluding carboxylic acids is 2. The lowest BCUT2D eigenvalue weighted by molar-refractivity contribution is -0.143. The second kappa shape index (κ2) is 5.96. The van der Waals surface area contributed by atoms with Crippen LogP contribution in [0.25, 0.3) is 0 Å². The fraction of sp³-hybridized carbons (Fsp3) is 0.692. The summed E-state index contributed by atoms with van der Waals surface area (Å²) in [5.74, 6) is 0.338. The molecule has 2 heterocycles. The van der Waals surface area contributed by atoms with E-state index in [4.69, 9.17) is 0 Å². The van der Waals surface area contributed by atoms with Gasteiger partial charge in [0.2, 0.25) is 5.91 Å². The van der Waals surface area contributed by atoms with E-state index in [0.717, 1.165) is 38.8 Å². The van der Waals surface area contributed by atoms with Crippen molar-refractivity contribution in [2.75, 3.05) is 19.6 Å². The van der Waals surface area contributed by atoms with Crippen molar-refractivity contribution < 1.29 is 9.59 Å². The number of piperidine rings is 2. The van der Waals surface area contributed by atoms with E-state index in [0.29, 0.717) is 18.9 Å². The molecular weight excluding hydrogens is 216 g/mol. The third kappa shape index (κ3) is 3.40. The molecule has 0 radical (unpaired) electrons. The molecule has 2 aliphatic heterocycles. The first-order valence-corrected chi connectivity index (χ1v) is 6.50. The van der Waals surface area contributed by atoms with Crippen molar-refractivity contribution in [3.63, 3.8) is 0 Å². The molecule has 2 saturated heterocycles. The predicted octanol–water partition coefficient (Wildman–Crippen LogP) is 1.08. The second-order valence-corrected chi connectivity index (χ2v) is 4.79. The van der Waals surface area contributed by atoms with Gasteiger partial charge in [0.15, 0.2) is 0 Å². The molecular formula is C13H20N2O2. The quantitative estimate of drug-likeness (QED) is 0.730. The van der Waals surface area contributed by atoms with Gasteiger partial charge in [-0.1, -0.05) is 6.08 Å². The molecule has 0 spiro atoms. The Balaban J connectivity index is 1.86. The summed E-state index contributed by atoms with van der Waals surface area (Å²) in [7, 11) is 0.